The molecule has 0 aromatic heterocycles. The van der Waals surface area contributed by atoms with Crippen molar-refractivity contribution in [2.45, 2.75) is 174 Å². The third kappa shape index (κ3) is 6.56. The minimum absolute atomic E-state index is 0.0413. The number of carboxylic acids is 2. The lowest BCUT2D eigenvalue weighted by Gasteiger charge is -2.70. The van der Waals surface area contributed by atoms with Crippen LogP contribution in [0.1, 0.15) is 106 Å². The molecular weight excluding hydrogens is 772 g/mol. The highest BCUT2D eigenvalue weighted by molar-refractivity contribution is 5.95. The van der Waals surface area contributed by atoms with Gasteiger partial charge in [0, 0.05) is 5.92 Å². The first-order valence-corrected chi connectivity index (χ1v) is 21.1. The zero-order valence-corrected chi connectivity index (χ0v) is 35.3. The molecular formula is C43H62O16-2. The van der Waals surface area contributed by atoms with Crippen LogP contribution in [0.5, 0.6) is 0 Å². The van der Waals surface area contributed by atoms with E-state index in [0.29, 0.717) is 19.3 Å². The van der Waals surface area contributed by atoms with Crippen LogP contribution in [-0.4, -0.2) is 124 Å². The first-order chi connectivity index (χ1) is 27.3. The number of aliphatic hydroxyl groups excluding tert-OH is 5. The third-order valence-electron chi connectivity index (χ3n) is 17.4. The Morgan fingerprint density at radius 3 is 1.93 bits per heavy atom. The van der Waals surface area contributed by atoms with Gasteiger partial charge in [-0.2, -0.15) is 0 Å². The number of hydrogen-bond donors (Lipinski definition) is 5. The molecule has 0 amide bonds. The summed E-state index contributed by atoms with van der Waals surface area (Å²) in [5, 5.41) is 76.9. The van der Waals surface area contributed by atoms with E-state index in [1.54, 1.807) is 0 Å². The maximum atomic E-state index is 14.9. The van der Waals surface area contributed by atoms with Crippen molar-refractivity contribution in [1.82, 2.24) is 0 Å². The fourth-order valence-corrected chi connectivity index (χ4v) is 13.6. The van der Waals surface area contributed by atoms with Gasteiger partial charge in [-0.15, -0.1) is 0 Å². The number of fused-ring (bicyclic) bond motifs is 7. The zero-order valence-electron chi connectivity index (χ0n) is 35.3. The minimum Gasteiger partial charge on any atom is -0.547 e. The molecule has 2 heterocycles. The Kier molecular flexibility index (Phi) is 11.2. The van der Waals surface area contributed by atoms with Crippen LogP contribution in [0.15, 0.2) is 11.6 Å². The van der Waals surface area contributed by atoms with Crippen LogP contribution < -0.4 is 10.2 Å². The van der Waals surface area contributed by atoms with Gasteiger partial charge in [0.2, 0.25) is 0 Å². The average Bonchev–Trinajstić information content (AvgIpc) is 3.16. The Hall–Kier alpha value is -2.54. The van der Waals surface area contributed by atoms with Gasteiger partial charge in [0.05, 0.1) is 30.6 Å². The normalized spacial score (nSPS) is 51.8. The Morgan fingerprint density at radius 2 is 1.32 bits per heavy atom. The number of ether oxygens (including phenoxy) is 5. The van der Waals surface area contributed by atoms with Crippen molar-refractivity contribution in [3.8, 4) is 0 Å². The molecule has 16 nitrogen and oxygen atoms in total. The Bertz CT molecular complexity index is 1750. The highest BCUT2D eigenvalue weighted by Gasteiger charge is 2.71. The van der Waals surface area contributed by atoms with Gasteiger partial charge in [-0.3, -0.25) is 9.59 Å². The Labute approximate surface area is 344 Å². The molecule has 0 spiro atoms. The van der Waals surface area contributed by atoms with Gasteiger partial charge in [-0.1, -0.05) is 47.1 Å². The van der Waals surface area contributed by atoms with Crippen LogP contribution in [-0.2, 0) is 42.9 Å². The second kappa shape index (κ2) is 14.8. The number of rotatable bonds is 7. The van der Waals surface area contributed by atoms with E-state index in [1.165, 1.54) is 7.11 Å². The summed E-state index contributed by atoms with van der Waals surface area (Å²) in [6.45, 7) is 15.1. The highest BCUT2D eigenvalue weighted by atomic mass is 16.8. The maximum absolute atomic E-state index is 14.9. The van der Waals surface area contributed by atoms with Crippen molar-refractivity contribution in [3.63, 3.8) is 0 Å². The van der Waals surface area contributed by atoms with Gasteiger partial charge in [-0.25, -0.2) is 0 Å². The predicted octanol–water partition coefficient (Wildman–Crippen LogP) is -0.335. The lowest BCUT2D eigenvalue weighted by molar-refractivity contribution is -0.391. The monoisotopic (exact) mass is 834 g/mol. The first kappa shape index (κ1) is 44.5. The van der Waals surface area contributed by atoms with Gasteiger partial charge in [-0.05, 0) is 110 Å². The van der Waals surface area contributed by atoms with Crippen molar-refractivity contribution in [2.24, 2.45) is 50.2 Å². The van der Waals surface area contributed by atoms with Crippen LogP contribution in [0.3, 0.4) is 0 Å². The van der Waals surface area contributed by atoms with Crippen LogP contribution >= 0.6 is 0 Å². The van der Waals surface area contributed by atoms with Crippen LogP contribution in [0.25, 0.3) is 0 Å². The lowest BCUT2D eigenvalue weighted by atomic mass is 9.33. The quantitative estimate of drug-likeness (QED) is 0.162. The van der Waals surface area contributed by atoms with Crippen molar-refractivity contribution < 1.29 is 78.6 Å². The smallest absolute Gasteiger partial charge is 0.311 e. The molecule has 0 aromatic carbocycles. The van der Waals surface area contributed by atoms with Crippen LogP contribution in [0.4, 0.5) is 0 Å². The fraction of sp³-hybridized carbons (Fsp3) is 0.860. The topological polar surface area (TPSA) is 262 Å². The molecule has 2 aliphatic heterocycles. The van der Waals surface area contributed by atoms with Gasteiger partial charge in [0.15, 0.2) is 18.4 Å². The Balaban J connectivity index is 1.17. The summed E-state index contributed by atoms with van der Waals surface area (Å²) in [5.74, 6) is -4.29. The van der Waals surface area contributed by atoms with E-state index >= 15 is 0 Å². The molecule has 16 heteroatoms. The lowest BCUT2D eigenvalue weighted by Crippen LogP contribution is -2.68. The molecule has 5 aliphatic carbocycles. The van der Waals surface area contributed by atoms with E-state index in [9.17, 15) is 54.9 Å². The number of hydrogen-bond acceptors (Lipinski definition) is 16. The van der Waals surface area contributed by atoms with E-state index in [0.717, 1.165) is 44.1 Å². The fourth-order valence-electron chi connectivity index (χ4n) is 13.6. The predicted molar refractivity (Wildman–Crippen MR) is 199 cm³/mol. The summed E-state index contributed by atoms with van der Waals surface area (Å²) in [4.78, 5) is 51.8. The van der Waals surface area contributed by atoms with E-state index in [-0.39, 0.29) is 40.3 Å². The average molecular weight is 835 g/mol. The molecule has 7 aliphatic rings. The molecule has 332 valence electrons. The van der Waals surface area contributed by atoms with Crippen LogP contribution in [0, 0.1) is 50.2 Å². The Morgan fingerprint density at radius 1 is 0.729 bits per heavy atom. The summed E-state index contributed by atoms with van der Waals surface area (Å²) in [6, 6.07) is 0. The van der Waals surface area contributed by atoms with Gasteiger partial charge < -0.3 is 69.0 Å². The number of methoxy groups -OCH3 is 1. The number of aliphatic carboxylic acids is 2. The second-order valence-electron chi connectivity index (χ2n) is 20.8. The van der Waals surface area contributed by atoms with Crippen LogP contribution in [0.2, 0.25) is 0 Å². The highest BCUT2D eigenvalue weighted by Crippen LogP contribution is 2.75. The second-order valence-corrected chi connectivity index (χ2v) is 20.8. The molecule has 7 rings (SSSR count). The molecule has 59 heavy (non-hydrogen) atoms. The van der Waals surface area contributed by atoms with E-state index in [1.807, 2.05) is 26.8 Å². The van der Waals surface area contributed by atoms with E-state index in [4.69, 9.17) is 23.7 Å². The largest absolute Gasteiger partial charge is 0.547 e. The standard InChI is InChI=1S/C43H64O16/c1-38(2)22-9-12-43(7)32(21(44)17-19-20-18-40(4,37(54)55-8)14-13-39(20,3)15-16-42(19,43)6)41(22,5)11-10-23(38)56-36-31(27(48)26(47)30(58-36)34(52)53)59-35-28(49)24(45)25(46)29(57-35)33(50)51/h17,20,22-32,35-36,45-49H,9-16,18H2,1-8H3,(H,50,51)(H,52,53)/p-2. The summed E-state index contributed by atoms with van der Waals surface area (Å²) in [6.07, 6.45) is -12.4. The van der Waals surface area contributed by atoms with Crippen molar-refractivity contribution in [1.29, 1.82) is 0 Å². The summed E-state index contributed by atoms with van der Waals surface area (Å²) in [5.41, 5.74) is -1.44. The van der Waals surface area contributed by atoms with Crippen molar-refractivity contribution in [2.75, 3.05) is 7.11 Å². The van der Waals surface area contributed by atoms with Gasteiger partial charge >= 0.3 is 5.97 Å². The molecule has 0 aromatic rings. The number of esters is 1. The van der Waals surface area contributed by atoms with Gasteiger partial charge in [0.1, 0.15) is 48.8 Å². The number of carboxylic acid groups (broad SMARTS) is 2. The molecule has 4 saturated carbocycles. The first-order valence-electron chi connectivity index (χ1n) is 21.1. The zero-order chi connectivity index (χ0) is 43.6. The van der Waals surface area contributed by atoms with E-state index < -0.39 is 101 Å². The molecule has 0 bridgehead atoms. The molecule has 5 N–H and O–H groups in total. The molecule has 19 atom stereocenters. The molecule has 0 radical (unpaired) electrons. The summed E-state index contributed by atoms with van der Waals surface area (Å²) < 4.78 is 28.5. The SMILES string of the molecule is COC(=O)C1(C)CCC2(C)CCC3(C)C(=CC(=O)C4C5(C)CCC(OC6OC(C(=O)[O-])C(O)C(O)C6OC6OC(C(=O)[O-])C(O)C(O)C6O)C(C)(C)C5CCC43C)C2C1. The summed E-state index contributed by atoms with van der Waals surface area (Å²) >= 11 is 0. The molecule has 6 fully saturated rings. The molecule has 2 saturated heterocycles. The van der Waals surface area contributed by atoms with Crippen molar-refractivity contribution in [3.05, 3.63) is 11.6 Å². The number of ketones is 1. The number of allylic oxidation sites excluding steroid dienone is 2. The minimum atomic E-state index is -2.15. The van der Waals surface area contributed by atoms with E-state index in [2.05, 4.69) is 27.7 Å². The third-order valence-corrected chi connectivity index (χ3v) is 17.4. The van der Waals surface area contributed by atoms with Crippen molar-refractivity contribution >= 4 is 23.7 Å². The molecule has 19 unspecified atom stereocenters. The van der Waals surface area contributed by atoms with Gasteiger partial charge in [0.25, 0.3) is 0 Å². The number of carbonyl (C=O) groups is 4. The number of aliphatic hydroxyl groups is 5. The number of carbonyl (C=O) groups excluding carboxylic acids is 4. The maximum Gasteiger partial charge on any atom is 0.311 e. The summed E-state index contributed by atoms with van der Waals surface area (Å²) in [7, 11) is 1.43.